The predicted molar refractivity (Wildman–Crippen MR) is 259 cm³/mol. The van der Waals surface area contributed by atoms with Crippen LogP contribution in [0.25, 0.3) is 0 Å². The summed E-state index contributed by atoms with van der Waals surface area (Å²) < 4.78 is 81.1. The number of aliphatic carboxylic acids is 2. The van der Waals surface area contributed by atoms with E-state index in [1.54, 1.807) is 0 Å². The van der Waals surface area contributed by atoms with Crippen LogP contribution in [0.2, 0.25) is 0 Å². The molecule has 10 heteroatoms. The number of aliphatic hydroxyl groups excluding tert-OH is 2. The number of carboxylic acids is 2. The molecule has 21 atom stereocenters. The predicted octanol–water partition coefficient (Wildman–Crippen LogP) is 7.26. The molecule has 8 aliphatic carbocycles. The van der Waals surface area contributed by atoms with Crippen molar-refractivity contribution in [2.24, 2.45) is 105 Å². The Hall–Kier alpha value is -0.445. The van der Waals surface area contributed by atoms with Crippen molar-refractivity contribution < 1.29 is 79.1 Å². The Morgan fingerprint density at radius 2 is 1.09 bits per heavy atom. The van der Waals surface area contributed by atoms with Gasteiger partial charge in [-0.15, -0.1) is 0 Å². The number of carbonyl (C=O) groups excluding carboxylic acids is 1. The summed E-state index contributed by atoms with van der Waals surface area (Å²) in [6.45, 7) is 9.07. The van der Waals surface area contributed by atoms with Gasteiger partial charge < -0.3 is 25.5 Å². The Morgan fingerprint density at radius 3 is 1.61 bits per heavy atom. The maximum Gasteiger partial charge on any atom is 1.00 e. The van der Waals surface area contributed by atoms with E-state index in [-0.39, 0.29) is 151 Å². The van der Waals surface area contributed by atoms with Gasteiger partial charge in [0.05, 0.1) is 19.7 Å². The molecule has 8 unspecified atom stereocenters. The Morgan fingerprint density at radius 1 is 0.672 bits per heavy atom. The van der Waals surface area contributed by atoms with Gasteiger partial charge in [-0.25, -0.2) is 5.34 Å². The first kappa shape index (κ1) is 42.4. The van der Waals surface area contributed by atoms with E-state index in [1.165, 1.54) is 0 Å². The second-order valence-electron chi connectivity index (χ2n) is 23.3. The second kappa shape index (κ2) is 22.1. The molecule has 8 rings (SSSR count). The topological polar surface area (TPSA) is 152 Å². The summed E-state index contributed by atoms with van der Waals surface area (Å²) in [5, 5.41) is 51.2. The number of ketones is 1. The number of carbonyl (C=O) groups is 3. The van der Waals surface area contributed by atoms with Crippen molar-refractivity contribution in [3.63, 3.8) is 0 Å². The summed E-state index contributed by atoms with van der Waals surface area (Å²) in [5.74, 6) is -1.02. The van der Waals surface area contributed by atoms with Crippen LogP contribution in [0.5, 0.6) is 0 Å². The molecule has 0 heterocycles. The molecule has 0 aromatic heterocycles. The van der Waals surface area contributed by atoms with Gasteiger partial charge in [0.2, 0.25) is 0 Å². The Bertz CT molecular complexity index is 1940. The Labute approximate surface area is 430 Å². The third-order valence-corrected chi connectivity index (χ3v) is 21.0. The minimum atomic E-state index is -3.00. The molecule has 8 fully saturated rings. The van der Waals surface area contributed by atoms with Crippen molar-refractivity contribution in [3.8, 4) is 0 Å². The molecule has 0 bridgehead atoms. The second-order valence-corrected chi connectivity index (χ2v) is 23.3. The zero-order chi connectivity index (χ0) is 54.1. The summed E-state index contributed by atoms with van der Waals surface area (Å²) in [6.07, 6.45) is 10.6. The molecular formula is C54H98BNaO8. The molecular weight excluding hydrogens is 810 g/mol. The molecule has 366 valence electrons. The van der Waals surface area contributed by atoms with Gasteiger partial charge in [-0.2, -0.15) is 0 Å². The van der Waals surface area contributed by atoms with Crippen LogP contribution in [0.3, 0.4) is 0 Å². The SMILES string of the molecule is C.C.[2H]C([2H])([2H])C[C@@H]1[C@@H]2C[C@H](O)CC[C@]2(C)C2CC[C@@]3(C)C(CCC3[C@H](C)CCC(=O)O)C2[C@]1([2H])O.[2H]C([2H])([2H])C[C@H]1C(=O)C2C3CCC([C@H](C)CCC(=O)O)[C@@]3(C)CCC2[C@@]2(C)CC[C@@H](O)C[C@@H]12.[2H][B-]([2H])([2H])[2H].[Na+]. The first-order valence-electron chi connectivity index (χ1n) is 30.3. The van der Waals surface area contributed by atoms with Crippen molar-refractivity contribution in [3.05, 3.63) is 0 Å². The third kappa shape index (κ3) is 9.83. The minimum Gasteiger partial charge on any atom is -0.481 e. The zero-order valence-electron chi connectivity index (χ0n) is 50.4. The summed E-state index contributed by atoms with van der Waals surface area (Å²) in [6, 6.07) is 0. The monoisotopic (exact) mass is 920 g/mol. The summed E-state index contributed by atoms with van der Waals surface area (Å²) in [5.41, 5.74) is -0.337. The zero-order valence-corrected chi connectivity index (χ0v) is 41.4. The molecule has 8 aliphatic rings. The van der Waals surface area contributed by atoms with E-state index in [2.05, 4.69) is 41.5 Å². The Balaban J connectivity index is 0.000000350. The van der Waals surface area contributed by atoms with Crippen molar-refractivity contribution in [2.45, 2.75) is 217 Å². The Kier molecular flexibility index (Phi) is 14.7. The van der Waals surface area contributed by atoms with E-state index < -0.39 is 64.0 Å². The molecule has 64 heavy (non-hydrogen) atoms. The maximum absolute atomic E-state index is 14.1. The van der Waals surface area contributed by atoms with Crippen LogP contribution in [0.1, 0.15) is 208 Å². The molecule has 0 saturated heterocycles. The van der Waals surface area contributed by atoms with Gasteiger partial charge in [0.25, 0.3) is 0 Å². The number of hydrogen-bond acceptors (Lipinski definition) is 6. The van der Waals surface area contributed by atoms with Gasteiger partial charge in [-0.3, -0.25) is 14.4 Å². The van der Waals surface area contributed by atoms with Gasteiger partial charge >= 0.3 is 41.5 Å². The quantitative estimate of drug-likeness (QED) is 0.144. The average molecular weight is 920 g/mol. The summed E-state index contributed by atoms with van der Waals surface area (Å²) in [4.78, 5) is 36.4. The minimum absolute atomic E-state index is 0. The normalized spacial score (nSPS) is 51.3. The fraction of sp³-hybridized carbons (Fsp3) is 0.944. The first-order valence-corrected chi connectivity index (χ1v) is 24.4. The van der Waals surface area contributed by atoms with Crippen LogP contribution in [0.15, 0.2) is 0 Å². The number of Topliss-reactive ketones (excluding diaryl/α,β-unsaturated/α-hetero) is 1. The van der Waals surface area contributed by atoms with Crippen molar-refractivity contribution in [1.82, 2.24) is 0 Å². The molecule has 0 aromatic rings. The van der Waals surface area contributed by atoms with E-state index in [1.807, 2.05) is 0 Å². The molecule has 0 spiro atoms. The van der Waals surface area contributed by atoms with Crippen LogP contribution >= 0.6 is 0 Å². The molecule has 0 aromatic carbocycles. The van der Waals surface area contributed by atoms with Gasteiger partial charge in [-0.1, -0.05) is 84.8 Å². The fourth-order valence-electron chi connectivity index (χ4n) is 17.9. The van der Waals surface area contributed by atoms with Gasteiger partial charge in [-0.05, 0) is 202 Å². The van der Waals surface area contributed by atoms with Crippen LogP contribution in [0, 0.1) is 105 Å². The first-order chi connectivity index (χ1) is 32.9. The van der Waals surface area contributed by atoms with E-state index in [9.17, 15) is 36.2 Å². The largest absolute Gasteiger partial charge is 1.00 e. The van der Waals surface area contributed by atoms with Crippen LogP contribution in [-0.2, 0) is 14.4 Å². The third-order valence-electron chi connectivity index (χ3n) is 21.0. The molecule has 0 amide bonds. The maximum atomic E-state index is 14.1. The van der Waals surface area contributed by atoms with Crippen molar-refractivity contribution in [1.29, 1.82) is 5.34 Å². The molecule has 8 nitrogen and oxygen atoms in total. The standard InChI is InChI=1S/C26H44O4.C26H42O4.2CH4.BH4.Na/c2*1-5-17-21-14-16(27)10-12-26(21,4)20-11-13-25(3)18(15(2)6-9-22(28)29)7-8-19(25)23(20)24(17)30;;;;/h15-21,23-24,27,30H,5-14H2,1-4H3,(H,28,29);15-21,23,27H,5-14H2,1-4H3,(H,28,29);3*1H4;/q;;;;-1;+1/t15-,16-,17-,18?,19?,20?,21+,23?,24-,25-,26-;15-,16-,17-,18?,19?,20?,21+,23?,25-,26-;;;;/m11..../s1/i1D3,24D;1D3;;;1D4;. The van der Waals surface area contributed by atoms with E-state index >= 15 is 0 Å². The number of carboxylic acid groups (broad SMARTS) is 2. The van der Waals surface area contributed by atoms with E-state index in [0.29, 0.717) is 49.9 Å². The fourth-order valence-corrected chi connectivity index (χ4v) is 17.9. The summed E-state index contributed by atoms with van der Waals surface area (Å²) >= 11 is 0. The number of rotatable bonds is 10. The smallest absolute Gasteiger partial charge is 0.481 e. The molecule has 8 saturated carbocycles. The van der Waals surface area contributed by atoms with E-state index in [0.717, 1.165) is 70.6 Å². The van der Waals surface area contributed by atoms with Crippen molar-refractivity contribution in [2.75, 3.05) is 0 Å². The van der Waals surface area contributed by atoms with Gasteiger partial charge in [0, 0.05) is 32.9 Å². The molecule has 5 N–H and O–H groups in total. The van der Waals surface area contributed by atoms with E-state index in [4.69, 9.17) is 18.7 Å². The summed E-state index contributed by atoms with van der Waals surface area (Å²) in [7, 11) is -3.00. The molecule has 0 aliphatic heterocycles. The van der Waals surface area contributed by atoms with Gasteiger partial charge in [0.1, 0.15) is 5.78 Å². The van der Waals surface area contributed by atoms with Crippen LogP contribution in [0.4, 0.5) is 0 Å². The van der Waals surface area contributed by atoms with Gasteiger partial charge in [0.15, 0.2) is 0 Å². The molecule has 0 radical (unpaired) electrons. The van der Waals surface area contributed by atoms with Crippen molar-refractivity contribution >= 4 is 26.0 Å². The number of fused-ring (bicyclic) bond motifs is 10. The van der Waals surface area contributed by atoms with Crippen LogP contribution in [-0.4, -0.2) is 75.2 Å². The van der Waals surface area contributed by atoms with Crippen LogP contribution < -0.4 is 29.6 Å². The average Bonchev–Trinajstić information content (AvgIpc) is 3.78. The number of aliphatic hydroxyl groups is 3. The number of hydrogen-bond donors (Lipinski definition) is 5.